The van der Waals surface area contributed by atoms with Crippen LogP contribution in [-0.4, -0.2) is 19.2 Å². The van der Waals surface area contributed by atoms with E-state index in [4.69, 9.17) is 11.6 Å². The van der Waals surface area contributed by atoms with Gasteiger partial charge in [-0.05, 0) is 11.6 Å². The van der Waals surface area contributed by atoms with Crippen molar-refractivity contribution in [2.75, 3.05) is 0 Å². The van der Waals surface area contributed by atoms with Crippen molar-refractivity contribution in [2.45, 2.75) is 6.42 Å². The molecular weight excluding hydrogens is 278 g/mol. The van der Waals surface area contributed by atoms with Gasteiger partial charge in [-0.15, -0.1) is 0 Å². The van der Waals surface area contributed by atoms with Crippen molar-refractivity contribution in [3.63, 3.8) is 0 Å². The zero-order valence-corrected chi connectivity index (χ0v) is 11.9. The first-order chi connectivity index (χ1) is 9.49. The molecule has 0 aliphatic carbocycles. The van der Waals surface area contributed by atoms with Crippen LogP contribution in [0.2, 0.25) is 5.02 Å². The van der Waals surface area contributed by atoms with Gasteiger partial charge in [0.15, 0.2) is 0 Å². The number of H-pyrrole nitrogens is 1. The lowest BCUT2D eigenvalue weighted by atomic mass is 10.1. The number of rotatable bonds is 2. The number of halogens is 1. The molecule has 5 nitrogen and oxygen atoms in total. The van der Waals surface area contributed by atoms with Crippen molar-refractivity contribution < 1.29 is 5.11 Å². The molecule has 3 aromatic rings. The zero-order chi connectivity index (χ0) is 14.4. The van der Waals surface area contributed by atoms with E-state index in [1.165, 1.54) is 11.6 Å². The minimum absolute atomic E-state index is 0.0333. The van der Waals surface area contributed by atoms with Crippen molar-refractivity contribution in [2.24, 2.45) is 14.1 Å². The number of hydrogen-bond donors (Lipinski definition) is 2. The topological polar surface area (TPSA) is 62.9 Å². The first-order valence-corrected chi connectivity index (χ1v) is 6.56. The summed E-state index contributed by atoms with van der Waals surface area (Å²) in [6.45, 7) is 0. The fourth-order valence-electron chi connectivity index (χ4n) is 2.52. The fourth-order valence-corrected chi connectivity index (χ4v) is 2.83. The maximum absolute atomic E-state index is 11.5. The Kier molecular flexibility index (Phi) is 2.87. The van der Waals surface area contributed by atoms with Gasteiger partial charge >= 0.3 is 5.69 Å². The van der Waals surface area contributed by atoms with Crippen LogP contribution in [0, 0.1) is 0 Å². The van der Waals surface area contributed by atoms with Gasteiger partial charge in [0.1, 0.15) is 0 Å². The lowest BCUT2D eigenvalue weighted by Gasteiger charge is -2.00. The van der Waals surface area contributed by atoms with Gasteiger partial charge in [-0.1, -0.05) is 23.7 Å². The van der Waals surface area contributed by atoms with Gasteiger partial charge < -0.3 is 14.7 Å². The predicted octanol–water partition coefficient (Wildman–Crippen LogP) is 2.15. The third-order valence-electron chi connectivity index (χ3n) is 3.55. The maximum Gasteiger partial charge on any atom is 0.328 e. The number of aromatic amines is 1. The van der Waals surface area contributed by atoms with Crippen LogP contribution in [0.25, 0.3) is 10.9 Å². The molecule has 0 aliphatic rings. The van der Waals surface area contributed by atoms with Crippen LogP contribution < -0.4 is 5.69 Å². The van der Waals surface area contributed by atoms with Gasteiger partial charge in [0, 0.05) is 32.1 Å². The highest BCUT2D eigenvalue weighted by Crippen LogP contribution is 2.29. The summed E-state index contributed by atoms with van der Waals surface area (Å²) in [6, 6.07) is 5.71. The Labute approximate surface area is 120 Å². The Hall–Kier alpha value is -2.14. The van der Waals surface area contributed by atoms with Gasteiger partial charge in [0.2, 0.25) is 5.88 Å². The fraction of sp³-hybridized carbons (Fsp3) is 0.214. The number of aryl methyl sites for hydroxylation is 1. The maximum atomic E-state index is 11.5. The molecule has 104 valence electrons. The minimum Gasteiger partial charge on any atom is -0.493 e. The van der Waals surface area contributed by atoms with Gasteiger partial charge in [0.05, 0.1) is 16.2 Å². The first-order valence-electron chi connectivity index (χ1n) is 6.18. The summed E-state index contributed by atoms with van der Waals surface area (Å²) >= 11 is 6.21. The Bertz CT molecular complexity index is 857. The van der Waals surface area contributed by atoms with Crippen molar-refractivity contribution in [1.29, 1.82) is 0 Å². The van der Waals surface area contributed by atoms with Crippen LogP contribution in [-0.2, 0) is 20.5 Å². The first kappa shape index (κ1) is 12.9. The number of nitrogens with zero attached hydrogens (tertiary/aromatic N) is 2. The summed E-state index contributed by atoms with van der Waals surface area (Å²) in [7, 11) is 3.45. The number of benzene rings is 1. The molecule has 0 aliphatic heterocycles. The van der Waals surface area contributed by atoms with Crippen molar-refractivity contribution in [3.8, 4) is 5.88 Å². The van der Waals surface area contributed by atoms with E-state index in [2.05, 4.69) is 4.98 Å². The van der Waals surface area contributed by atoms with Gasteiger partial charge in [-0.3, -0.25) is 4.57 Å². The van der Waals surface area contributed by atoms with E-state index in [-0.39, 0.29) is 11.6 Å². The number of imidazole rings is 1. The highest BCUT2D eigenvalue weighted by atomic mass is 35.5. The highest BCUT2D eigenvalue weighted by molar-refractivity contribution is 6.35. The molecule has 0 spiro atoms. The second kappa shape index (κ2) is 4.45. The number of aromatic nitrogens is 3. The summed E-state index contributed by atoms with van der Waals surface area (Å²) in [5, 5.41) is 11.6. The van der Waals surface area contributed by atoms with Crippen molar-refractivity contribution >= 4 is 22.5 Å². The van der Waals surface area contributed by atoms with Crippen molar-refractivity contribution in [1.82, 2.24) is 14.1 Å². The minimum atomic E-state index is -0.323. The lowest BCUT2D eigenvalue weighted by molar-refractivity contribution is 0.424. The van der Waals surface area contributed by atoms with E-state index in [1.807, 2.05) is 36.0 Å². The standard InChI is InChI=1S/C14H14ClN3O2/c1-17-7-8(9-4-3-5-10(15)12(9)17)6-11-13(19)18(2)14(20)16-11/h3-5,7,19H,6H2,1-2H3,(H,16,20). The third kappa shape index (κ3) is 1.82. The lowest BCUT2D eigenvalue weighted by Crippen LogP contribution is -2.11. The average molecular weight is 292 g/mol. The Morgan fingerprint density at radius 3 is 2.75 bits per heavy atom. The summed E-state index contributed by atoms with van der Waals surface area (Å²) in [5.74, 6) is -0.0333. The molecule has 6 heteroatoms. The van der Waals surface area contributed by atoms with E-state index in [0.29, 0.717) is 17.1 Å². The van der Waals surface area contributed by atoms with Gasteiger partial charge in [-0.25, -0.2) is 4.79 Å². The summed E-state index contributed by atoms with van der Waals surface area (Å²) in [6.07, 6.45) is 2.40. The molecule has 0 unspecified atom stereocenters. The summed E-state index contributed by atoms with van der Waals surface area (Å²) in [4.78, 5) is 14.2. The van der Waals surface area contributed by atoms with Crippen LogP contribution in [0.15, 0.2) is 29.2 Å². The van der Waals surface area contributed by atoms with Gasteiger partial charge in [0.25, 0.3) is 0 Å². The molecule has 0 radical (unpaired) electrons. The summed E-state index contributed by atoms with van der Waals surface area (Å²) < 4.78 is 3.14. The molecule has 20 heavy (non-hydrogen) atoms. The molecule has 3 rings (SSSR count). The third-order valence-corrected chi connectivity index (χ3v) is 3.86. The van der Waals surface area contributed by atoms with Gasteiger partial charge in [-0.2, -0.15) is 0 Å². The number of hydrogen-bond acceptors (Lipinski definition) is 2. The van der Waals surface area contributed by atoms with Crippen LogP contribution in [0.5, 0.6) is 5.88 Å². The van der Waals surface area contributed by atoms with E-state index >= 15 is 0 Å². The largest absolute Gasteiger partial charge is 0.493 e. The molecular formula is C14H14ClN3O2. The monoisotopic (exact) mass is 291 g/mol. The molecule has 1 aromatic carbocycles. The zero-order valence-electron chi connectivity index (χ0n) is 11.1. The molecule has 0 amide bonds. The summed E-state index contributed by atoms with van der Waals surface area (Å²) in [5.41, 5.74) is 2.13. The molecule has 0 atom stereocenters. The van der Waals surface area contributed by atoms with Crippen LogP contribution in [0.4, 0.5) is 0 Å². The SMILES string of the molecule is Cn1c(O)c(Cc2cn(C)c3c(Cl)cccc23)[nH]c1=O. The number of para-hydroxylation sites is 1. The van der Waals surface area contributed by atoms with E-state index in [1.54, 1.807) is 0 Å². The molecule has 2 aromatic heterocycles. The molecule has 2 N–H and O–H groups in total. The molecule has 0 fully saturated rings. The van der Waals surface area contributed by atoms with Crippen LogP contribution >= 0.6 is 11.6 Å². The van der Waals surface area contributed by atoms with Crippen LogP contribution in [0.1, 0.15) is 11.3 Å². The molecule has 0 saturated heterocycles. The average Bonchev–Trinajstić information content (AvgIpc) is 2.85. The number of fused-ring (bicyclic) bond motifs is 1. The highest BCUT2D eigenvalue weighted by Gasteiger charge is 2.14. The Morgan fingerprint density at radius 2 is 2.10 bits per heavy atom. The number of nitrogens with one attached hydrogen (secondary N) is 1. The Morgan fingerprint density at radius 1 is 1.35 bits per heavy atom. The van der Waals surface area contributed by atoms with E-state index in [0.717, 1.165) is 16.5 Å². The molecule has 0 saturated carbocycles. The van der Waals surface area contributed by atoms with E-state index < -0.39 is 0 Å². The quantitative estimate of drug-likeness (QED) is 0.760. The van der Waals surface area contributed by atoms with Crippen LogP contribution in [0.3, 0.4) is 0 Å². The van der Waals surface area contributed by atoms with E-state index in [9.17, 15) is 9.90 Å². The molecule has 0 bridgehead atoms. The Balaban J connectivity index is 2.14. The van der Waals surface area contributed by atoms with Crippen molar-refractivity contribution in [3.05, 3.63) is 51.2 Å². The normalized spacial score (nSPS) is 11.3. The molecule has 2 heterocycles. The number of aromatic hydroxyl groups is 1. The second-order valence-corrected chi connectivity index (χ2v) is 5.28. The second-order valence-electron chi connectivity index (χ2n) is 4.87. The smallest absolute Gasteiger partial charge is 0.328 e. The predicted molar refractivity (Wildman–Crippen MR) is 78.4 cm³/mol.